The highest BCUT2D eigenvalue weighted by Crippen LogP contribution is 2.31. The van der Waals surface area contributed by atoms with Crippen LogP contribution in [0.15, 0.2) is 28.4 Å². The highest BCUT2D eigenvalue weighted by Gasteiger charge is 2.12. The Kier molecular flexibility index (Phi) is 2.23. The van der Waals surface area contributed by atoms with Crippen molar-refractivity contribution in [3.05, 3.63) is 23.2 Å². The molecule has 3 rings (SSSR count). The van der Waals surface area contributed by atoms with Crippen molar-refractivity contribution in [1.29, 1.82) is 0 Å². The van der Waals surface area contributed by atoms with Gasteiger partial charge >= 0.3 is 0 Å². The third kappa shape index (κ3) is 1.52. The molecule has 0 amide bonds. The van der Waals surface area contributed by atoms with Crippen LogP contribution in [0.3, 0.4) is 0 Å². The Balaban J connectivity index is 2.08. The molecule has 0 fully saturated rings. The summed E-state index contributed by atoms with van der Waals surface area (Å²) in [6, 6.07) is 5.72. The van der Waals surface area contributed by atoms with E-state index in [0.717, 1.165) is 15.3 Å². The van der Waals surface area contributed by atoms with Crippen LogP contribution in [0.1, 0.15) is 0 Å². The van der Waals surface area contributed by atoms with Gasteiger partial charge in [-0.3, -0.25) is 5.43 Å². The number of para-hydroxylation sites is 1. The maximum absolute atomic E-state index is 6.05. The monoisotopic (exact) mass is 251 g/mol. The van der Waals surface area contributed by atoms with Crippen LogP contribution in [0.25, 0.3) is 10.2 Å². The summed E-state index contributed by atoms with van der Waals surface area (Å²) >= 11 is 7.59. The summed E-state index contributed by atoms with van der Waals surface area (Å²) in [6.45, 7) is 0. The Labute approximate surface area is 100 Å². The van der Waals surface area contributed by atoms with Crippen LogP contribution >= 0.6 is 22.9 Å². The van der Waals surface area contributed by atoms with Gasteiger partial charge < -0.3 is 0 Å². The van der Waals surface area contributed by atoms with Crippen molar-refractivity contribution in [3.63, 3.8) is 0 Å². The number of thiazole rings is 1. The first kappa shape index (κ1) is 9.56. The van der Waals surface area contributed by atoms with Crippen LogP contribution in [0.2, 0.25) is 5.02 Å². The molecule has 16 heavy (non-hydrogen) atoms. The highest BCUT2D eigenvalue weighted by atomic mass is 35.5. The molecule has 2 heterocycles. The lowest BCUT2D eigenvalue weighted by atomic mass is 10.3. The average Bonchev–Trinajstić information content (AvgIpc) is 2.76. The summed E-state index contributed by atoms with van der Waals surface area (Å²) in [5.74, 6) is 0. The molecule has 1 aliphatic heterocycles. The van der Waals surface area contributed by atoms with E-state index in [1.54, 1.807) is 11.3 Å². The molecule has 0 spiro atoms. The SMILES string of the molecule is Clc1cccc2sc(N3C=NN=CN3)nc12. The number of hydrogen-bond acceptors (Lipinski definition) is 6. The standard InChI is InChI=1S/C9H6ClN5S/c10-6-2-1-3-7-8(6)14-9(16-7)15-5-12-11-4-13-15/h1-5H,(H,11,13). The van der Waals surface area contributed by atoms with Crippen molar-refractivity contribution in [1.82, 2.24) is 10.4 Å². The number of anilines is 1. The quantitative estimate of drug-likeness (QED) is 0.846. The number of benzene rings is 1. The van der Waals surface area contributed by atoms with Crippen LogP contribution in [0, 0.1) is 0 Å². The predicted octanol–water partition coefficient (Wildman–Crippen LogP) is 2.25. The van der Waals surface area contributed by atoms with Gasteiger partial charge in [0.1, 0.15) is 18.2 Å². The molecule has 1 N–H and O–H groups in total. The average molecular weight is 252 g/mol. The largest absolute Gasteiger partial charge is 0.279 e. The van der Waals surface area contributed by atoms with Gasteiger partial charge in [-0.2, -0.15) is 0 Å². The minimum absolute atomic E-state index is 0.655. The molecule has 2 aromatic rings. The van der Waals surface area contributed by atoms with Crippen molar-refractivity contribution in [2.75, 3.05) is 5.01 Å². The first-order valence-electron chi connectivity index (χ1n) is 4.50. The Morgan fingerprint density at radius 2 is 2.25 bits per heavy atom. The van der Waals surface area contributed by atoms with E-state index >= 15 is 0 Å². The Morgan fingerprint density at radius 3 is 3.00 bits per heavy atom. The molecule has 1 aromatic heterocycles. The molecule has 0 saturated heterocycles. The fraction of sp³-hybridized carbons (Fsp3) is 0. The van der Waals surface area contributed by atoms with Gasteiger partial charge in [-0.15, -0.1) is 10.2 Å². The van der Waals surface area contributed by atoms with Crippen molar-refractivity contribution in [2.24, 2.45) is 10.2 Å². The molecule has 0 unspecified atom stereocenters. The molecule has 80 valence electrons. The molecular weight excluding hydrogens is 246 g/mol. The number of fused-ring (bicyclic) bond motifs is 1. The summed E-state index contributed by atoms with van der Waals surface area (Å²) in [7, 11) is 0. The number of aromatic nitrogens is 1. The van der Waals surface area contributed by atoms with Crippen molar-refractivity contribution < 1.29 is 0 Å². The number of hydrazine groups is 1. The van der Waals surface area contributed by atoms with E-state index in [-0.39, 0.29) is 0 Å². The van der Waals surface area contributed by atoms with Crippen molar-refractivity contribution >= 4 is 51.0 Å². The van der Waals surface area contributed by atoms with Crippen LogP contribution < -0.4 is 10.4 Å². The van der Waals surface area contributed by atoms with Gasteiger partial charge in [0.15, 0.2) is 0 Å². The Morgan fingerprint density at radius 1 is 1.31 bits per heavy atom. The van der Waals surface area contributed by atoms with Crippen LogP contribution in [0.4, 0.5) is 5.13 Å². The van der Waals surface area contributed by atoms with Crippen molar-refractivity contribution in [2.45, 2.75) is 0 Å². The molecule has 1 aromatic carbocycles. The highest BCUT2D eigenvalue weighted by molar-refractivity contribution is 7.22. The van der Waals surface area contributed by atoms with E-state index in [1.807, 2.05) is 18.2 Å². The van der Waals surface area contributed by atoms with E-state index in [9.17, 15) is 0 Å². The molecule has 0 saturated carbocycles. The maximum Gasteiger partial charge on any atom is 0.211 e. The number of rotatable bonds is 1. The van der Waals surface area contributed by atoms with E-state index in [0.29, 0.717) is 5.02 Å². The number of hydrogen-bond donors (Lipinski definition) is 1. The maximum atomic E-state index is 6.05. The Bertz CT molecular complexity index is 591. The summed E-state index contributed by atoms with van der Waals surface area (Å²) < 4.78 is 1.04. The first-order chi connectivity index (χ1) is 7.84. The number of nitrogens with one attached hydrogen (secondary N) is 1. The van der Waals surface area contributed by atoms with Crippen LogP contribution in [-0.4, -0.2) is 17.7 Å². The lowest BCUT2D eigenvalue weighted by Crippen LogP contribution is -2.37. The van der Waals surface area contributed by atoms with E-state index < -0.39 is 0 Å². The third-order valence-corrected chi connectivity index (χ3v) is 3.38. The van der Waals surface area contributed by atoms with Gasteiger partial charge in [-0.1, -0.05) is 29.0 Å². The van der Waals surface area contributed by atoms with Gasteiger partial charge in [-0.05, 0) is 12.1 Å². The molecule has 5 nitrogen and oxygen atoms in total. The molecule has 1 aliphatic rings. The summed E-state index contributed by atoms with van der Waals surface area (Å²) in [5, 5.41) is 10.6. The van der Waals surface area contributed by atoms with Gasteiger partial charge in [0.2, 0.25) is 5.13 Å². The number of halogens is 1. The zero-order chi connectivity index (χ0) is 11.0. The van der Waals surface area contributed by atoms with Crippen LogP contribution in [-0.2, 0) is 0 Å². The minimum Gasteiger partial charge on any atom is -0.279 e. The third-order valence-electron chi connectivity index (χ3n) is 2.05. The molecule has 0 atom stereocenters. The van der Waals surface area contributed by atoms with Gasteiger partial charge in [0, 0.05) is 0 Å². The second-order valence-corrected chi connectivity index (χ2v) is 4.47. The van der Waals surface area contributed by atoms with Crippen LogP contribution in [0.5, 0.6) is 0 Å². The fourth-order valence-corrected chi connectivity index (χ4v) is 2.55. The lowest BCUT2D eigenvalue weighted by Gasteiger charge is -2.15. The predicted molar refractivity (Wildman–Crippen MR) is 67.2 cm³/mol. The Hall–Kier alpha value is -1.66. The van der Waals surface area contributed by atoms with Gasteiger partial charge in [-0.25, -0.2) is 9.99 Å². The minimum atomic E-state index is 0.655. The molecule has 7 heteroatoms. The van der Waals surface area contributed by atoms with E-state index in [4.69, 9.17) is 11.6 Å². The smallest absolute Gasteiger partial charge is 0.211 e. The first-order valence-corrected chi connectivity index (χ1v) is 5.69. The van der Waals surface area contributed by atoms with Gasteiger partial charge in [0.25, 0.3) is 0 Å². The second-order valence-electron chi connectivity index (χ2n) is 3.06. The summed E-state index contributed by atoms with van der Waals surface area (Å²) in [4.78, 5) is 4.43. The zero-order valence-electron chi connectivity index (χ0n) is 7.96. The van der Waals surface area contributed by atoms with Gasteiger partial charge in [0.05, 0.1) is 9.72 Å². The van der Waals surface area contributed by atoms with E-state index in [1.165, 1.54) is 17.7 Å². The molecule has 0 radical (unpaired) electrons. The normalized spacial score (nSPS) is 14.4. The molecular formula is C9H6ClN5S. The molecule has 0 bridgehead atoms. The fourth-order valence-electron chi connectivity index (χ4n) is 1.35. The summed E-state index contributed by atoms with van der Waals surface area (Å²) in [5.41, 5.74) is 3.72. The second kappa shape index (κ2) is 3.73. The molecule has 0 aliphatic carbocycles. The number of nitrogens with zero attached hydrogens (tertiary/aromatic N) is 4. The van der Waals surface area contributed by atoms with E-state index in [2.05, 4.69) is 20.6 Å². The van der Waals surface area contributed by atoms with Crippen molar-refractivity contribution in [3.8, 4) is 0 Å². The lowest BCUT2D eigenvalue weighted by molar-refractivity contribution is 0.948. The topological polar surface area (TPSA) is 52.9 Å². The zero-order valence-corrected chi connectivity index (χ0v) is 9.53. The summed E-state index contributed by atoms with van der Waals surface area (Å²) in [6.07, 6.45) is 3.05.